The number of aldehydes is 1. The second kappa shape index (κ2) is 11.3. The molecule has 0 radical (unpaired) electrons. The standard InChI is InChI=1S/C24H25N5O4S2/c1-2-21-23(18-7-3-17(4-8-18)15-35(32)33)28-29(22(14-30)34-21)13-16-5-9-19(10-6-16)26-24(31)20-11-12-25-27-20/h3-12,14,21-22,35H,2,13,15H2,1H3,(H,25,27)(H,26,31). The van der Waals surface area contributed by atoms with Crippen molar-refractivity contribution in [2.24, 2.45) is 5.10 Å². The van der Waals surface area contributed by atoms with Crippen LogP contribution in [0.4, 0.5) is 5.69 Å². The van der Waals surface area contributed by atoms with Crippen LogP contribution in [-0.2, 0) is 27.8 Å². The summed E-state index contributed by atoms with van der Waals surface area (Å²) < 4.78 is 22.0. The molecule has 1 amide bonds. The number of carbonyl (C=O) groups excluding carboxylic acids is 2. The highest BCUT2D eigenvalue weighted by Gasteiger charge is 2.31. The molecule has 1 aliphatic rings. The highest BCUT2D eigenvalue weighted by Crippen LogP contribution is 2.32. The molecular weight excluding hydrogens is 486 g/mol. The van der Waals surface area contributed by atoms with Gasteiger partial charge in [-0.25, -0.2) is 8.42 Å². The largest absolute Gasteiger partial charge is 0.321 e. The second-order valence-corrected chi connectivity index (χ2v) is 10.2. The Labute approximate surface area is 209 Å². The van der Waals surface area contributed by atoms with Crippen molar-refractivity contribution >= 4 is 46.1 Å². The van der Waals surface area contributed by atoms with Crippen LogP contribution in [0, 0.1) is 0 Å². The minimum atomic E-state index is -2.48. The van der Waals surface area contributed by atoms with E-state index in [1.807, 2.05) is 24.3 Å². The monoisotopic (exact) mass is 511 g/mol. The molecule has 0 spiro atoms. The van der Waals surface area contributed by atoms with E-state index in [0.29, 0.717) is 17.9 Å². The lowest BCUT2D eigenvalue weighted by atomic mass is 10.0. The average Bonchev–Trinajstić information content (AvgIpc) is 3.40. The Balaban J connectivity index is 1.52. The van der Waals surface area contributed by atoms with Crippen molar-refractivity contribution in [3.8, 4) is 0 Å². The fourth-order valence-electron chi connectivity index (χ4n) is 3.72. The molecule has 2 heterocycles. The number of carbonyl (C=O) groups is 2. The Bertz CT molecular complexity index is 1260. The first-order chi connectivity index (χ1) is 17.0. The van der Waals surface area contributed by atoms with Crippen molar-refractivity contribution in [3.63, 3.8) is 0 Å². The van der Waals surface area contributed by atoms with Crippen molar-refractivity contribution < 1.29 is 18.0 Å². The van der Waals surface area contributed by atoms with Gasteiger partial charge < -0.3 is 10.1 Å². The van der Waals surface area contributed by atoms with E-state index in [9.17, 15) is 18.0 Å². The van der Waals surface area contributed by atoms with Gasteiger partial charge in [0.05, 0.1) is 23.3 Å². The second-order valence-electron chi connectivity index (χ2n) is 7.94. The Kier molecular flexibility index (Phi) is 7.98. The van der Waals surface area contributed by atoms with E-state index in [2.05, 4.69) is 22.4 Å². The minimum Gasteiger partial charge on any atom is -0.321 e. The number of hydrogen-bond donors (Lipinski definition) is 3. The van der Waals surface area contributed by atoms with E-state index in [-0.39, 0.29) is 16.9 Å². The number of thiol groups is 1. The summed E-state index contributed by atoms with van der Waals surface area (Å²) in [6.07, 6.45) is 3.29. The third-order valence-corrected chi connectivity index (χ3v) is 7.62. The summed E-state index contributed by atoms with van der Waals surface area (Å²) in [6, 6.07) is 16.3. The SMILES string of the molecule is CCC1SC(C=O)N(Cc2ccc(NC(=O)c3cc[nH]n3)cc2)N=C1c1ccc(C[SH](=O)=O)cc1. The molecule has 0 saturated heterocycles. The number of nitrogens with one attached hydrogen (secondary N) is 2. The normalized spacial score (nSPS) is 17.8. The first kappa shape index (κ1) is 24.7. The maximum atomic E-state index is 12.2. The molecule has 0 bridgehead atoms. The summed E-state index contributed by atoms with van der Waals surface area (Å²) in [7, 11) is -2.48. The van der Waals surface area contributed by atoms with E-state index in [0.717, 1.165) is 35.1 Å². The highest BCUT2D eigenvalue weighted by molar-refractivity contribution is 8.01. The Hall–Kier alpha value is -3.44. The number of aromatic nitrogens is 2. The average molecular weight is 512 g/mol. The third kappa shape index (κ3) is 6.17. The van der Waals surface area contributed by atoms with Gasteiger partial charge >= 0.3 is 0 Å². The summed E-state index contributed by atoms with van der Waals surface area (Å²) in [5.41, 5.74) is 4.36. The van der Waals surface area contributed by atoms with Crippen molar-refractivity contribution in [1.82, 2.24) is 15.2 Å². The Morgan fingerprint density at radius 1 is 1.11 bits per heavy atom. The molecule has 0 fully saturated rings. The zero-order valence-corrected chi connectivity index (χ0v) is 20.7. The van der Waals surface area contributed by atoms with Crippen LogP contribution in [-0.4, -0.2) is 52.2 Å². The lowest BCUT2D eigenvalue weighted by Gasteiger charge is -2.34. The molecule has 11 heteroatoms. The number of rotatable bonds is 9. The molecule has 4 rings (SSSR count). The van der Waals surface area contributed by atoms with Crippen molar-refractivity contribution in [3.05, 3.63) is 83.2 Å². The summed E-state index contributed by atoms with van der Waals surface area (Å²) in [6.45, 7) is 2.47. The minimum absolute atomic E-state index is 0.00549. The van der Waals surface area contributed by atoms with E-state index >= 15 is 0 Å². The topological polar surface area (TPSA) is 125 Å². The first-order valence-electron chi connectivity index (χ1n) is 11.0. The number of amides is 1. The number of hydrazone groups is 1. The molecule has 0 aliphatic carbocycles. The number of thioether (sulfide) groups is 1. The van der Waals surface area contributed by atoms with Gasteiger partial charge in [-0.05, 0) is 41.3 Å². The first-order valence-corrected chi connectivity index (χ1v) is 13.3. The molecule has 35 heavy (non-hydrogen) atoms. The molecule has 2 unspecified atom stereocenters. The number of H-pyrrole nitrogens is 1. The molecule has 3 aromatic rings. The van der Waals surface area contributed by atoms with Gasteiger partial charge in [0, 0.05) is 11.9 Å². The van der Waals surface area contributed by atoms with Gasteiger partial charge in [-0.1, -0.05) is 43.3 Å². The van der Waals surface area contributed by atoms with Gasteiger partial charge in [-0.15, -0.1) is 11.8 Å². The van der Waals surface area contributed by atoms with Crippen molar-refractivity contribution in [2.45, 2.75) is 36.3 Å². The van der Waals surface area contributed by atoms with Crippen LogP contribution < -0.4 is 5.32 Å². The maximum Gasteiger partial charge on any atom is 0.276 e. The van der Waals surface area contributed by atoms with Gasteiger partial charge in [0.2, 0.25) is 0 Å². The van der Waals surface area contributed by atoms with Crippen LogP contribution in [0.5, 0.6) is 0 Å². The molecule has 1 aliphatic heterocycles. The molecule has 9 nitrogen and oxygen atoms in total. The molecule has 2 atom stereocenters. The highest BCUT2D eigenvalue weighted by atomic mass is 32.2. The van der Waals surface area contributed by atoms with Gasteiger partial charge in [-0.2, -0.15) is 10.2 Å². The van der Waals surface area contributed by atoms with Gasteiger partial charge in [0.15, 0.2) is 6.29 Å². The third-order valence-electron chi connectivity index (χ3n) is 5.48. The summed E-state index contributed by atoms with van der Waals surface area (Å²) >= 11 is 1.55. The lowest BCUT2D eigenvalue weighted by Crippen LogP contribution is -2.39. The van der Waals surface area contributed by atoms with E-state index in [1.54, 1.807) is 53.3 Å². The van der Waals surface area contributed by atoms with Crippen molar-refractivity contribution in [2.75, 3.05) is 5.32 Å². The van der Waals surface area contributed by atoms with Crippen LogP contribution in [0.3, 0.4) is 0 Å². The fourth-order valence-corrected chi connectivity index (χ4v) is 5.39. The van der Waals surface area contributed by atoms with Crippen molar-refractivity contribution in [1.29, 1.82) is 0 Å². The Morgan fingerprint density at radius 3 is 2.43 bits per heavy atom. The van der Waals surface area contributed by atoms with Gasteiger partial charge in [0.25, 0.3) is 5.91 Å². The predicted molar refractivity (Wildman–Crippen MR) is 137 cm³/mol. The quantitative estimate of drug-likeness (QED) is 0.298. The fraction of sp³-hybridized carbons (Fsp3) is 0.250. The molecule has 2 aromatic carbocycles. The number of benzene rings is 2. The zero-order chi connectivity index (χ0) is 24.8. The molecular formula is C24H25N5O4S2. The molecule has 2 N–H and O–H groups in total. The van der Waals surface area contributed by atoms with Crippen LogP contribution in [0.25, 0.3) is 0 Å². The zero-order valence-electron chi connectivity index (χ0n) is 19.0. The summed E-state index contributed by atoms with van der Waals surface area (Å²) in [5, 5.41) is 15.5. The van der Waals surface area contributed by atoms with Crippen LogP contribution in [0.2, 0.25) is 0 Å². The van der Waals surface area contributed by atoms with Crippen LogP contribution in [0.1, 0.15) is 40.5 Å². The van der Waals surface area contributed by atoms with E-state index in [4.69, 9.17) is 5.10 Å². The molecule has 1 aromatic heterocycles. The number of aromatic amines is 1. The number of anilines is 1. The van der Waals surface area contributed by atoms with Gasteiger partial charge in [-0.3, -0.25) is 14.9 Å². The van der Waals surface area contributed by atoms with Gasteiger partial charge in [0.1, 0.15) is 21.8 Å². The summed E-state index contributed by atoms with van der Waals surface area (Å²) in [4.78, 5) is 24.0. The summed E-state index contributed by atoms with van der Waals surface area (Å²) in [5.74, 6) is -0.300. The van der Waals surface area contributed by atoms with E-state index < -0.39 is 16.1 Å². The lowest BCUT2D eigenvalue weighted by molar-refractivity contribution is -0.110. The maximum absolute atomic E-state index is 12.2. The predicted octanol–water partition coefficient (Wildman–Crippen LogP) is 3.03. The number of nitrogens with zero attached hydrogens (tertiary/aromatic N) is 3. The smallest absolute Gasteiger partial charge is 0.276 e. The number of hydrogen-bond acceptors (Lipinski definition) is 8. The molecule has 182 valence electrons. The molecule has 0 saturated carbocycles. The Morgan fingerprint density at radius 2 is 1.83 bits per heavy atom. The van der Waals surface area contributed by atoms with E-state index in [1.165, 1.54) is 0 Å². The van der Waals surface area contributed by atoms with Crippen LogP contribution >= 0.6 is 11.8 Å². The van der Waals surface area contributed by atoms with Crippen LogP contribution in [0.15, 0.2) is 65.9 Å².